The van der Waals surface area contributed by atoms with Crippen molar-refractivity contribution in [1.82, 2.24) is 0 Å². The van der Waals surface area contributed by atoms with Gasteiger partial charge in [-0.1, -0.05) is 36.7 Å². The van der Waals surface area contributed by atoms with E-state index in [0.29, 0.717) is 0 Å². The average molecular weight is 289 g/mol. The summed E-state index contributed by atoms with van der Waals surface area (Å²) in [6.07, 6.45) is 1.50. The molecule has 0 saturated heterocycles. The smallest absolute Gasteiger partial charge is 0.313 e. The highest BCUT2D eigenvalue weighted by Gasteiger charge is 2.77. The minimum atomic E-state index is -0.687. The molecule has 0 unspecified atom stereocenters. The Bertz CT molecular complexity index is 376. The fourth-order valence-electron chi connectivity index (χ4n) is 3.59. The number of methoxy groups -OCH3 is 1. The lowest BCUT2D eigenvalue weighted by atomic mass is 9.65. The van der Waals surface area contributed by atoms with Gasteiger partial charge in [0.05, 0.1) is 17.4 Å². The quantitative estimate of drug-likeness (QED) is 0.549. The standard InChI is InChI=1S/C12H17BrO3/c1-10(2)11(3)5-6-12(10,9(15)16-4)7(13)8(11)14/h7H,5-6H2,1-4H3/t7-,11-,12-/m1/s1. The summed E-state index contributed by atoms with van der Waals surface area (Å²) < 4.78 is 4.93. The van der Waals surface area contributed by atoms with E-state index in [9.17, 15) is 9.59 Å². The SMILES string of the molecule is COC(=O)[C@@]12CC[C@](C)(C(=O)[C@H]1Br)C2(C)C. The second-order valence-electron chi connectivity index (χ2n) is 5.65. The summed E-state index contributed by atoms with van der Waals surface area (Å²) in [4.78, 5) is 24.0. The van der Waals surface area contributed by atoms with Gasteiger partial charge in [-0.05, 0) is 18.3 Å². The molecule has 3 nitrogen and oxygen atoms in total. The van der Waals surface area contributed by atoms with Crippen LogP contribution in [0.25, 0.3) is 0 Å². The van der Waals surface area contributed by atoms with Crippen molar-refractivity contribution >= 4 is 27.7 Å². The zero-order valence-electron chi connectivity index (χ0n) is 10.1. The second kappa shape index (κ2) is 3.09. The number of ketones is 1. The van der Waals surface area contributed by atoms with E-state index >= 15 is 0 Å². The predicted octanol–water partition coefficient (Wildman–Crippen LogP) is 2.32. The van der Waals surface area contributed by atoms with Crippen LogP contribution in [-0.2, 0) is 14.3 Å². The lowest BCUT2D eigenvalue weighted by Gasteiger charge is -2.38. The Morgan fingerprint density at radius 2 is 1.94 bits per heavy atom. The van der Waals surface area contributed by atoms with Crippen molar-refractivity contribution in [3.05, 3.63) is 0 Å². The molecule has 2 aliphatic rings. The van der Waals surface area contributed by atoms with Gasteiger partial charge in [0.1, 0.15) is 0 Å². The molecule has 0 heterocycles. The lowest BCUT2D eigenvalue weighted by molar-refractivity contribution is -0.157. The van der Waals surface area contributed by atoms with Crippen molar-refractivity contribution in [3.8, 4) is 0 Å². The van der Waals surface area contributed by atoms with E-state index in [0.717, 1.165) is 12.8 Å². The fourth-order valence-corrected chi connectivity index (χ4v) is 5.08. The third-order valence-corrected chi connectivity index (χ3v) is 6.47. The molecular weight excluding hydrogens is 272 g/mol. The zero-order chi connectivity index (χ0) is 12.4. The van der Waals surface area contributed by atoms with Gasteiger partial charge in [-0.25, -0.2) is 0 Å². The van der Waals surface area contributed by atoms with Gasteiger partial charge in [0.25, 0.3) is 0 Å². The summed E-state index contributed by atoms with van der Waals surface area (Å²) in [5.41, 5.74) is -1.44. The summed E-state index contributed by atoms with van der Waals surface area (Å²) >= 11 is 3.42. The molecule has 16 heavy (non-hydrogen) atoms. The van der Waals surface area contributed by atoms with E-state index in [1.54, 1.807) is 0 Å². The minimum absolute atomic E-state index is 0.147. The maximum Gasteiger partial charge on any atom is 0.313 e. The Labute approximate surface area is 104 Å². The molecule has 4 heteroatoms. The normalized spacial score (nSPS) is 44.8. The van der Waals surface area contributed by atoms with Crippen molar-refractivity contribution in [2.45, 2.75) is 38.4 Å². The molecule has 0 spiro atoms. The molecule has 0 aromatic carbocycles. The topological polar surface area (TPSA) is 43.4 Å². The predicted molar refractivity (Wildman–Crippen MR) is 63.3 cm³/mol. The van der Waals surface area contributed by atoms with Crippen molar-refractivity contribution in [3.63, 3.8) is 0 Å². The molecule has 0 N–H and O–H groups in total. The van der Waals surface area contributed by atoms with Crippen molar-refractivity contribution in [2.24, 2.45) is 16.2 Å². The van der Waals surface area contributed by atoms with Crippen LogP contribution in [0, 0.1) is 16.2 Å². The first kappa shape index (κ1) is 12.1. The molecule has 2 bridgehead atoms. The summed E-state index contributed by atoms with van der Waals surface area (Å²) in [6.45, 7) is 5.99. The van der Waals surface area contributed by atoms with Crippen LogP contribution in [0.1, 0.15) is 33.6 Å². The van der Waals surface area contributed by atoms with Crippen LogP contribution >= 0.6 is 15.9 Å². The highest BCUT2D eigenvalue weighted by Crippen LogP contribution is 2.72. The first-order chi connectivity index (χ1) is 7.25. The van der Waals surface area contributed by atoms with Gasteiger partial charge in [0.15, 0.2) is 5.78 Å². The maximum atomic E-state index is 12.3. The molecule has 0 aromatic rings. The van der Waals surface area contributed by atoms with E-state index in [2.05, 4.69) is 15.9 Å². The van der Waals surface area contributed by atoms with Crippen LogP contribution < -0.4 is 0 Å². The number of rotatable bonds is 1. The highest BCUT2D eigenvalue weighted by molar-refractivity contribution is 9.10. The Morgan fingerprint density at radius 3 is 2.31 bits per heavy atom. The number of carbonyl (C=O) groups is 2. The van der Waals surface area contributed by atoms with Crippen molar-refractivity contribution < 1.29 is 14.3 Å². The molecule has 2 rings (SSSR count). The molecule has 0 radical (unpaired) electrons. The monoisotopic (exact) mass is 288 g/mol. The first-order valence-electron chi connectivity index (χ1n) is 5.52. The summed E-state index contributed by atoms with van der Waals surface area (Å²) in [5, 5.41) is 0. The third-order valence-electron chi connectivity index (χ3n) is 5.27. The number of fused-ring (bicyclic) bond motifs is 2. The van der Waals surface area contributed by atoms with Gasteiger partial charge in [-0.3, -0.25) is 9.59 Å². The number of hydrogen-bond acceptors (Lipinski definition) is 3. The van der Waals surface area contributed by atoms with Gasteiger partial charge in [-0.15, -0.1) is 0 Å². The molecule has 2 aliphatic carbocycles. The highest BCUT2D eigenvalue weighted by atomic mass is 79.9. The third kappa shape index (κ3) is 0.918. The Balaban J connectivity index is 2.63. The van der Waals surface area contributed by atoms with E-state index in [-0.39, 0.29) is 17.2 Å². The van der Waals surface area contributed by atoms with Crippen LogP contribution in [0.4, 0.5) is 0 Å². The van der Waals surface area contributed by atoms with Crippen LogP contribution in [0.3, 0.4) is 0 Å². The molecule has 0 aromatic heterocycles. The van der Waals surface area contributed by atoms with Gasteiger partial charge in [0, 0.05) is 5.41 Å². The first-order valence-corrected chi connectivity index (χ1v) is 6.44. The number of alkyl halides is 1. The molecule has 0 aliphatic heterocycles. The molecule has 2 saturated carbocycles. The van der Waals surface area contributed by atoms with Gasteiger partial charge >= 0.3 is 5.97 Å². The number of esters is 1. The molecule has 2 fully saturated rings. The van der Waals surface area contributed by atoms with E-state index < -0.39 is 15.7 Å². The molecular formula is C12H17BrO3. The minimum Gasteiger partial charge on any atom is -0.469 e. The average Bonchev–Trinajstić information content (AvgIpc) is 2.51. The number of hydrogen-bond donors (Lipinski definition) is 0. The van der Waals surface area contributed by atoms with Crippen LogP contribution in [0.5, 0.6) is 0 Å². The Kier molecular flexibility index (Phi) is 2.34. The molecule has 90 valence electrons. The van der Waals surface area contributed by atoms with Gasteiger partial charge < -0.3 is 4.74 Å². The van der Waals surface area contributed by atoms with E-state index in [1.807, 2.05) is 20.8 Å². The van der Waals surface area contributed by atoms with Crippen LogP contribution in [-0.4, -0.2) is 23.7 Å². The van der Waals surface area contributed by atoms with Crippen LogP contribution in [0.15, 0.2) is 0 Å². The summed E-state index contributed by atoms with van der Waals surface area (Å²) in [7, 11) is 1.39. The summed E-state index contributed by atoms with van der Waals surface area (Å²) in [5.74, 6) is -0.108. The Hall–Kier alpha value is -0.380. The zero-order valence-corrected chi connectivity index (χ0v) is 11.7. The number of halogens is 1. The van der Waals surface area contributed by atoms with Gasteiger partial charge in [-0.2, -0.15) is 0 Å². The summed E-state index contributed by atoms with van der Waals surface area (Å²) in [6, 6.07) is 0. The largest absolute Gasteiger partial charge is 0.469 e. The maximum absolute atomic E-state index is 12.3. The van der Waals surface area contributed by atoms with E-state index in [4.69, 9.17) is 4.74 Å². The van der Waals surface area contributed by atoms with E-state index in [1.165, 1.54) is 7.11 Å². The lowest BCUT2D eigenvalue weighted by Crippen LogP contribution is -2.45. The van der Waals surface area contributed by atoms with Crippen molar-refractivity contribution in [2.75, 3.05) is 7.11 Å². The number of carbonyl (C=O) groups excluding carboxylic acids is 2. The van der Waals surface area contributed by atoms with Gasteiger partial charge in [0.2, 0.25) is 0 Å². The van der Waals surface area contributed by atoms with Crippen molar-refractivity contribution in [1.29, 1.82) is 0 Å². The fraction of sp³-hybridized carbons (Fsp3) is 0.833. The number of ether oxygens (including phenoxy) is 1. The number of Topliss-reactive ketones (excluding diaryl/α,β-unsaturated/α-hetero) is 1. The molecule has 3 atom stereocenters. The molecule has 0 amide bonds. The Morgan fingerprint density at radius 1 is 1.38 bits per heavy atom. The second-order valence-corrected chi connectivity index (χ2v) is 6.56. The van der Waals surface area contributed by atoms with Crippen LogP contribution in [0.2, 0.25) is 0 Å².